The van der Waals surface area contributed by atoms with Crippen LogP contribution in [0.4, 0.5) is 5.69 Å². The van der Waals surface area contributed by atoms with Crippen molar-refractivity contribution in [1.29, 1.82) is 0 Å². The summed E-state index contributed by atoms with van der Waals surface area (Å²) in [7, 11) is 0. The number of aromatic nitrogens is 1. The molecule has 0 atom stereocenters. The van der Waals surface area contributed by atoms with E-state index in [4.69, 9.17) is 16.6 Å². The van der Waals surface area contributed by atoms with Crippen LogP contribution in [0.3, 0.4) is 0 Å². The number of amides is 1. The maximum atomic E-state index is 13.2. The van der Waals surface area contributed by atoms with Crippen LogP contribution in [0, 0.1) is 0 Å². The Bertz CT molecular complexity index is 1170. The second-order valence-corrected chi connectivity index (χ2v) is 8.59. The van der Waals surface area contributed by atoms with Gasteiger partial charge in [-0.2, -0.15) is 0 Å². The normalized spacial score (nSPS) is 11.1. The predicted molar refractivity (Wildman–Crippen MR) is 119 cm³/mol. The fourth-order valence-electron chi connectivity index (χ4n) is 3.25. The molecule has 0 saturated carbocycles. The van der Waals surface area contributed by atoms with Gasteiger partial charge in [0.15, 0.2) is 0 Å². The molecule has 4 aromatic rings. The van der Waals surface area contributed by atoms with E-state index in [-0.39, 0.29) is 5.91 Å². The van der Waals surface area contributed by atoms with Crippen molar-refractivity contribution in [3.8, 4) is 10.6 Å². The van der Waals surface area contributed by atoms with Crippen molar-refractivity contribution >= 4 is 45.4 Å². The minimum atomic E-state index is -0.143. The molecule has 0 aliphatic rings. The van der Waals surface area contributed by atoms with Crippen molar-refractivity contribution in [3.05, 3.63) is 82.2 Å². The van der Waals surface area contributed by atoms with Gasteiger partial charge in [-0.25, -0.2) is 4.98 Å². The number of hydrogen-bond donors (Lipinski definition) is 1. The van der Waals surface area contributed by atoms with E-state index < -0.39 is 0 Å². The zero-order chi connectivity index (χ0) is 19.7. The van der Waals surface area contributed by atoms with Crippen LogP contribution in [-0.2, 0) is 0 Å². The van der Waals surface area contributed by atoms with Crippen molar-refractivity contribution < 1.29 is 4.79 Å². The van der Waals surface area contributed by atoms with Gasteiger partial charge in [0, 0.05) is 11.1 Å². The molecule has 0 spiro atoms. The number of hydrogen-bond acceptors (Lipinski definition) is 3. The highest BCUT2D eigenvalue weighted by Crippen LogP contribution is 2.33. The highest BCUT2D eigenvalue weighted by Gasteiger charge is 2.16. The smallest absolute Gasteiger partial charge is 0.256 e. The molecule has 4 rings (SSSR count). The molecule has 5 heteroatoms. The first-order chi connectivity index (χ1) is 13.5. The standard InChI is InChI=1S/C23H19ClN2OS/c1-14(2)15-7-3-5-9-18(15)26-23(27)17-13-20(21-11-12-22(24)28-21)25-19-10-6-4-8-16(17)19/h3-14H,1-2H3,(H,26,27). The maximum absolute atomic E-state index is 13.2. The molecule has 2 heterocycles. The van der Waals surface area contributed by atoms with Crippen LogP contribution in [0.25, 0.3) is 21.5 Å². The number of rotatable bonds is 4. The topological polar surface area (TPSA) is 42.0 Å². The summed E-state index contributed by atoms with van der Waals surface area (Å²) in [6.45, 7) is 4.23. The molecule has 0 bridgehead atoms. The second-order valence-electron chi connectivity index (χ2n) is 6.87. The average Bonchev–Trinajstić information content (AvgIpc) is 3.13. The van der Waals surface area contributed by atoms with Crippen LogP contribution in [0.1, 0.15) is 35.7 Å². The van der Waals surface area contributed by atoms with E-state index in [2.05, 4.69) is 19.2 Å². The molecule has 3 nitrogen and oxygen atoms in total. The van der Waals surface area contributed by atoms with Crippen molar-refractivity contribution in [2.24, 2.45) is 0 Å². The molecule has 0 aliphatic carbocycles. The van der Waals surface area contributed by atoms with Crippen LogP contribution in [0.2, 0.25) is 4.34 Å². The Morgan fingerprint density at radius 3 is 2.54 bits per heavy atom. The fraction of sp³-hybridized carbons (Fsp3) is 0.130. The van der Waals surface area contributed by atoms with Gasteiger partial charge >= 0.3 is 0 Å². The number of nitrogens with zero attached hydrogens (tertiary/aromatic N) is 1. The molecule has 0 fully saturated rings. The summed E-state index contributed by atoms with van der Waals surface area (Å²) in [4.78, 5) is 18.9. The van der Waals surface area contributed by atoms with Crippen molar-refractivity contribution in [3.63, 3.8) is 0 Å². The lowest BCUT2D eigenvalue weighted by atomic mass is 10.0. The number of anilines is 1. The number of halogens is 1. The third kappa shape index (κ3) is 3.66. The second kappa shape index (κ2) is 7.74. The fourth-order valence-corrected chi connectivity index (χ4v) is 4.25. The van der Waals surface area contributed by atoms with Crippen molar-refractivity contribution in [2.75, 3.05) is 5.32 Å². The van der Waals surface area contributed by atoms with Crippen LogP contribution in [-0.4, -0.2) is 10.9 Å². The van der Waals surface area contributed by atoms with Gasteiger partial charge in [0.1, 0.15) is 0 Å². The maximum Gasteiger partial charge on any atom is 0.256 e. The molecule has 140 valence electrons. The molecule has 28 heavy (non-hydrogen) atoms. The molecule has 0 aliphatic heterocycles. The summed E-state index contributed by atoms with van der Waals surface area (Å²) in [5.74, 6) is 0.171. The minimum Gasteiger partial charge on any atom is -0.322 e. The van der Waals surface area contributed by atoms with E-state index in [1.807, 2.05) is 66.7 Å². The third-order valence-electron chi connectivity index (χ3n) is 4.62. The number of thiophene rings is 1. The van der Waals surface area contributed by atoms with Gasteiger partial charge in [-0.3, -0.25) is 4.79 Å². The lowest BCUT2D eigenvalue weighted by molar-refractivity contribution is 0.102. The molecule has 1 N–H and O–H groups in total. The molecule has 0 saturated heterocycles. The van der Waals surface area contributed by atoms with E-state index in [0.717, 1.165) is 32.7 Å². The monoisotopic (exact) mass is 406 g/mol. The first kappa shape index (κ1) is 18.7. The van der Waals surface area contributed by atoms with E-state index in [1.165, 1.54) is 11.3 Å². The van der Waals surface area contributed by atoms with Crippen molar-refractivity contribution in [1.82, 2.24) is 4.98 Å². The number of nitrogens with one attached hydrogen (secondary N) is 1. The van der Waals surface area contributed by atoms with E-state index in [1.54, 1.807) is 0 Å². The predicted octanol–water partition coefficient (Wildman–Crippen LogP) is 6.99. The minimum absolute atomic E-state index is 0.143. The number of carbonyl (C=O) groups is 1. The van der Waals surface area contributed by atoms with Crippen LogP contribution in [0.5, 0.6) is 0 Å². The van der Waals surface area contributed by atoms with E-state index in [9.17, 15) is 4.79 Å². The van der Waals surface area contributed by atoms with Crippen molar-refractivity contribution in [2.45, 2.75) is 19.8 Å². The molecular formula is C23H19ClN2OS. The Hall–Kier alpha value is -2.69. The van der Waals surface area contributed by atoms with Gasteiger partial charge in [0.2, 0.25) is 0 Å². The Kier molecular flexibility index (Phi) is 5.16. The van der Waals surface area contributed by atoms with E-state index in [0.29, 0.717) is 15.8 Å². The summed E-state index contributed by atoms with van der Waals surface area (Å²) >= 11 is 7.55. The molecule has 2 aromatic carbocycles. The Morgan fingerprint density at radius 2 is 1.79 bits per heavy atom. The molecule has 1 amide bonds. The largest absolute Gasteiger partial charge is 0.322 e. The average molecular weight is 407 g/mol. The van der Waals surface area contributed by atoms with E-state index >= 15 is 0 Å². The zero-order valence-corrected chi connectivity index (χ0v) is 17.1. The number of benzene rings is 2. The lowest BCUT2D eigenvalue weighted by Crippen LogP contribution is -2.14. The Morgan fingerprint density at radius 1 is 1.04 bits per heavy atom. The summed E-state index contributed by atoms with van der Waals surface area (Å²) < 4.78 is 0.696. The number of fused-ring (bicyclic) bond motifs is 1. The Labute approximate surface area is 173 Å². The Balaban J connectivity index is 1.80. The highest BCUT2D eigenvalue weighted by molar-refractivity contribution is 7.19. The summed E-state index contributed by atoms with van der Waals surface area (Å²) in [5, 5.41) is 3.92. The number of carbonyl (C=O) groups excluding carboxylic acids is 1. The third-order valence-corrected chi connectivity index (χ3v) is 5.87. The van der Waals surface area contributed by atoms with Crippen LogP contribution in [0.15, 0.2) is 66.7 Å². The quantitative estimate of drug-likeness (QED) is 0.396. The molecule has 0 unspecified atom stereocenters. The summed E-state index contributed by atoms with van der Waals surface area (Å²) in [6.07, 6.45) is 0. The number of para-hydroxylation sites is 2. The number of pyridine rings is 1. The van der Waals surface area contributed by atoms with Crippen LogP contribution >= 0.6 is 22.9 Å². The first-order valence-electron chi connectivity index (χ1n) is 9.08. The molecule has 0 radical (unpaired) electrons. The molecule has 2 aromatic heterocycles. The lowest BCUT2D eigenvalue weighted by Gasteiger charge is -2.15. The van der Waals surface area contributed by atoms with Gasteiger partial charge in [-0.1, -0.05) is 61.8 Å². The highest BCUT2D eigenvalue weighted by atomic mass is 35.5. The van der Waals surface area contributed by atoms with Gasteiger partial charge in [0.25, 0.3) is 5.91 Å². The van der Waals surface area contributed by atoms with Gasteiger partial charge in [-0.15, -0.1) is 11.3 Å². The first-order valence-corrected chi connectivity index (χ1v) is 10.3. The van der Waals surface area contributed by atoms with Gasteiger partial charge < -0.3 is 5.32 Å². The summed E-state index contributed by atoms with van der Waals surface area (Å²) in [5.41, 5.74) is 4.08. The van der Waals surface area contributed by atoms with Gasteiger partial charge in [-0.05, 0) is 41.8 Å². The molecular weight excluding hydrogens is 388 g/mol. The summed E-state index contributed by atoms with van der Waals surface area (Å²) in [6, 6.07) is 21.2. The van der Waals surface area contributed by atoms with Gasteiger partial charge in [0.05, 0.1) is 26.0 Å². The SMILES string of the molecule is CC(C)c1ccccc1NC(=O)c1cc(-c2ccc(Cl)s2)nc2ccccc12. The van der Waals surface area contributed by atoms with Crippen LogP contribution < -0.4 is 5.32 Å². The zero-order valence-electron chi connectivity index (χ0n) is 15.6.